The molecule has 2 unspecified atom stereocenters. The van der Waals surface area contributed by atoms with Crippen molar-refractivity contribution in [1.82, 2.24) is 5.32 Å². The maximum atomic E-state index is 13.8. The van der Waals surface area contributed by atoms with E-state index in [1.165, 1.54) is 17.8 Å². The highest BCUT2D eigenvalue weighted by atomic mass is 32.2. The second-order valence-corrected chi connectivity index (χ2v) is 7.47. The second kappa shape index (κ2) is 5.97. The molecule has 5 heteroatoms. The van der Waals surface area contributed by atoms with Gasteiger partial charge in [0.2, 0.25) is 5.91 Å². The zero-order valence-corrected chi connectivity index (χ0v) is 12.8. The van der Waals surface area contributed by atoms with Crippen molar-refractivity contribution >= 4 is 17.7 Å². The number of thioether (sulfide) groups is 1. The van der Waals surface area contributed by atoms with Gasteiger partial charge in [-0.3, -0.25) is 4.79 Å². The molecular weight excluding hydrogens is 287 g/mol. The van der Waals surface area contributed by atoms with E-state index in [-0.39, 0.29) is 17.0 Å². The van der Waals surface area contributed by atoms with Crippen molar-refractivity contribution in [3.63, 3.8) is 0 Å². The van der Waals surface area contributed by atoms with Crippen LogP contribution < -0.4 is 11.1 Å². The maximum absolute atomic E-state index is 13.8. The van der Waals surface area contributed by atoms with E-state index in [1.807, 2.05) is 6.07 Å². The van der Waals surface area contributed by atoms with Crippen LogP contribution in [0, 0.1) is 5.82 Å². The summed E-state index contributed by atoms with van der Waals surface area (Å²) in [5.74, 6) is -0.443. The Morgan fingerprint density at radius 3 is 2.76 bits per heavy atom. The number of nitrogens with two attached hydrogens (primary N) is 1. The molecule has 2 aliphatic rings. The third kappa shape index (κ3) is 3.40. The number of rotatable bonds is 5. The van der Waals surface area contributed by atoms with Gasteiger partial charge in [0.15, 0.2) is 0 Å². The van der Waals surface area contributed by atoms with Crippen molar-refractivity contribution in [2.24, 2.45) is 5.73 Å². The van der Waals surface area contributed by atoms with Crippen LogP contribution >= 0.6 is 11.8 Å². The number of primary amides is 1. The number of amides is 1. The summed E-state index contributed by atoms with van der Waals surface area (Å²) in [6.07, 6.45) is 5.69. The maximum Gasteiger partial charge on any atom is 0.237 e. The molecule has 0 aliphatic heterocycles. The van der Waals surface area contributed by atoms with E-state index in [9.17, 15) is 9.18 Å². The van der Waals surface area contributed by atoms with Gasteiger partial charge in [-0.15, -0.1) is 11.8 Å². The van der Waals surface area contributed by atoms with Crippen molar-refractivity contribution in [1.29, 1.82) is 0 Å². The van der Waals surface area contributed by atoms with Gasteiger partial charge < -0.3 is 11.1 Å². The van der Waals surface area contributed by atoms with E-state index < -0.39 is 5.54 Å². The average Bonchev–Trinajstić information content (AvgIpc) is 3.25. The fraction of sp³-hybridized carbons (Fsp3) is 0.562. The van der Waals surface area contributed by atoms with Crippen molar-refractivity contribution in [3.05, 3.63) is 30.1 Å². The fourth-order valence-corrected chi connectivity index (χ4v) is 4.44. The first kappa shape index (κ1) is 14.9. The normalized spacial score (nSPS) is 29.3. The van der Waals surface area contributed by atoms with Crippen molar-refractivity contribution in [3.8, 4) is 0 Å². The summed E-state index contributed by atoms with van der Waals surface area (Å²) in [4.78, 5) is 12.6. The Labute approximate surface area is 128 Å². The highest BCUT2D eigenvalue weighted by Crippen LogP contribution is 2.40. The van der Waals surface area contributed by atoms with E-state index in [1.54, 1.807) is 12.1 Å². The summed E-state index contributed by atoms with van der Waals surface area (Å²) >= 11 is 1.54. The Hall–Kier alpha value is -1.07. The Bertz CT molecular complexity index is 535. The summed E-state index contributed by atoms with van der Waals surface area (Å²) in [5.41, 5.74) is 5.08. The molecule has 2 saturated carbocycles. The number of carbonyl (C=O) groups is 1. The van der Waals surface area contributed by atoms with E-state index in [4.69, 9.17) is 5.73 Å². The molecule has 1 amide bonds. The highest BCUT2D eigenvalue weighted by molar-refractivity contribution is 8.00. The van der Waals surface area contributed by atoms with Gasteiger partial charge in [-0.1, -0.05) is 12.1 Å². The van der Waals surface area contributed by atoms with E-state index in [0.29, 0.717) is 17.4 Å². The van der Waals surface area contributed by atoms with Crippen LogP contribution in [0.3, 0.4) is 0 Å². The van der Waals surface area contributed by atoms with Gasteiger partial charge in [0.25, 0.3) is 0 Å². The molecule has 0 radical (unpaired) electrons. The van der Waals surface area contributed by atoms with E-state index in [0.717, 1.165) is 32.1 Å². The molecule has 0 spiro atoms. The van der Waals surface area contributed by atoms with Crippen molar-refractivity contribution < 1.29 is 9.18 Å². The standard InChI is InChI=1S/C16H21FN2OS/c17-13-5-1-2-6-14(13)21-12-4-3-9-16(10-12,15(18)20)19-11-7-8-11/h1-2,5-6,11-12,19H,3-4,7-10H2,(H2,18,20). The third-order valence-electron chi connectivity index (χ3n) is 4.37. The van der Waals surface area contributed by atoms with Crippen LogP contribution in [0.2, 0.25) is 0 Å². The molecule has 0 aromatic heterocycles. The number of carbonyl (C=O) groups excluding carboxylic acids is 1. The lowest BCUT2D eigenvalue weighted by molar-refractivity contribution is -0.125. The molecule has 3 N–H and O–H groups in total. The number of hydrogen-bond acceptors (Lipinski definition) is 3. The molecule has 0 saturated heterocycles. The third-order valence-corrected chi connectivity index (χ3v) is 5.69. The highest BCUT2D eigenvalue weighted by Gasteiger charge is 2.44. The topological polar surface area (TPSA) is 55.1 Å². The molecule has 3 rings (SSSR count). The van der Waals surface area contributed by atoms with Gasteiger partial charge in [-0.2, -0.15) is 0 Å². The first-order valence-corrected chi connectivity index (χ1v) is 8.46. The Morgan fingerprint density at radius 2 is 2.10 bits per heavy atom. The predicted molar refractivity (Wildman–Crippen MR) is 82.6 cm³/mol. The molecule has 0 heterocycles. The van der Waals surface area contributed by atoms with Crippen LogP contribution in [-0.4, -0.2) is 22.7 Å². The van der Waals surface area contributed by atoms with Crippen LogP contribution in [0.5, 0.6) is 0 Å². The summed E-state index contributed by atoms with van der Waals surface area (Å²) in [6.45, 7) is 0. The molecule has 3 nitrogen and oxygen atoms in total. The van der Waals surface area contributed by atoms with Crippen LogP contribution in [-0.2, 0) is 4.79 Å². The van der Waals surface area contributed by atoms with Gasteiger partial charge in [0.05, 0.1) is 5.54 Å². The number of nitrogens with one attached hydrogen (secondary N) is 1. The number of hydrogen-bond donors (Lipinski definition) is 2. The molecule has 1 aromatic carbocycles. The van der Waals surface area contributed by atoms with Gasteiger partial charge in [0.1, 0.15) is 5.82 Å². The van der Waals surface area contributed by atoms with Gasteiger partial charge in [-0.25, -0.2) is 4.39 Å². The van der Waals surface area contributed by atoms with Crippen LogP contribution in [0.1, 0.15) is 38.5 Å². The van der Waals surface area contributed by atoms with Crippen molar-refractivity contribution in [2.45, 2.75) is 60.3 Å². The quantitative estimate of drug-likeness (QED) is 0.879. The van der Waals surface area contributed by atoms with Crippen LogP contribution in [0.4, 0.5) is 4.39 Å². The molecule has 21 heavy (non-hydrogen) atoms. The lowest BCUT2D eigenvalue weighted by Gasteiger charge is -2.39. The Balaban J connectivity index is 1.72. The minimum absolute atomic E-state index is 0.187. The monoisotopic (exact) mass is 308 g/mol. The molecular formula is C16H21FN2OS. The fourth-order valence-electron chi connectivity index (χ4n) is 3.09. The smallest absolute Gasteiger partial charge is 0.237 e. The molecule has 1 aromatic rings. The number of halogens is 1. The average molecular weight is 308 g/mol. The summed E-state index contributed by atoms with van der Waals surface area (Å²) in [6, 6.07) is 7.26. The zero-order valence-electron chi connectivity index (χ0n) is 12.0. The molecule has 2 fully saturated rings. The van der Waals surface area contributed by atoms with E-state index in [2.05, 4.69) is 5.32 Å². The molecule has 2 aliphatic carbocycles. The first-order chi connectivity index (χ1) is 10.1. The summed E-state index contributed by atoms with van der Waals surface area (Å²) in [7, 11) is 0. The minimum atomic E-state index is -0.595. The zero-order chi connectivity index (χ0) is 14.9. The number of benzene rings is 1. The first-order valence-electron chi connectivity index (χ1n) is 7.58. The minimum Gasteiger partial charge on any atom is -0.368 e. The van der Waals surface area contributed by atoms with Gasteiger partial charge in [-0.05, 0) is 50.7 Å². The summed E-state index contributed by atoms with van der Waals surface area (Å²) in [5, 5.41) is 3.69. The molecule has 2 atom stereocenters. The molecule has 114 valence electrons. The van der Waals surface area contributed by atoms with Gasteiger partial charge in [0, 0.05) is 16.2 Å². The summed E-state index contributed by atoms with van der Waals surface area (Å²) < 4.78 is 13.8. The van der Waals surface area contributed by atoms with Gasteiger partial charge >= 0.3 is 0 Å². The van der Waals surface area contributed by atoms with Crippen LogP contribution in [0.25, 0.3) is 0 Å². The van der Waals surface area contributed by atoms with Crippen molar-refractivity contribution in [2.75, 3.05) is 0 Å². The predicted octanol–water partition coefficient (Wildman–Crippen LogP) is 2.84. The van der Waals surface area contributed by atoms with E-state index >= 15 is 0 Å². The lowest BCUT2D eigenvalue weighted by Crippen LogP contribution is -2.59. The largest absolute Gasteiger partial charge is 0.368 e. The molecule has 0 bridgehead atoms. The second-order valence-electron chi connectivity index (χ2n) is 6.13. The lowest BCUT2D eigenvalue weighted by atomic mass is 9.80. The Kier molecular flexibility index (Phi) is 4.22. The SMILES string of the molecule is NC(=O)C1(NC2CC2)CCCC(Sc2ccccc2F)C1. The van der Waals surface area contributed by atoms with Crippen LogP contribution in [0.15, 0.2) is 29.2 Å². The Morgan fingerprint density at radius 1 is 1.33 bits per heavy atom.